The number of rotatable bonds is 4. The monoisotopic (exact) mass is 222 g/mol. The zero-order valence-electron chi connectivity index (χ0n) is 9.90. The van der Waals surface area contributed by atoms with Gasteiger partial charge >= 0.3 is 5.97 Å². The molecule has 0 saturated heterocycles. The second kappa shape index (κ2) is 4.66. The van der Waals surface area contributed by atoms with Crippen molar-refractivity contribution in [2.24, 2.45) is 0 Å². The predicted molar refractivity (Wildman–Crippen MR) is 62.6 cm³/mol. The summed E-state index contributed by atoms with van der Waals surface area (Å²) in [6, 6.07) is 7.38. The van der Waals surface area contributed by atoms with Crippen molar-refractivity contribution in [3.05, 3.63) is 35.4 Å². The highest BCUT2D eigenvalue weighted by molar-refractivity contribution is 5.75. The van der Waals surface area contributed by atoms with Crippen LogP contribution in [0.2, 0.25) is 0 Å². The summed E-state index contributed by atoms with van der Waals surface area (Å²) in [6.45, 7) is 5.63. The molecule has 0 spiro atoms. The molecule has 2 N–H and O–H groups in total. The number of aliphatic hydroxyl groups excluding tert-OH is 1. The maximum Gasteiger partial charge on any atom is 0.310 e. The third-order valence-electron chi connectivity index (χ3n) is 2.96. The summed E-state index contributed by atoms with van der Waals surface area (Å²) >= 11 is 0. The molecule has 0 fully saturated rings. The van der Waals surface area contributed by atoms with Crippen molar-refractivity contribution in [2.45, 2.75) is 32.1 Å². The fourth-order valence-electron chi connectivity index (χ4n) is 1.46. The first-order valence-electron chi connectivity index (χ1n) is 5.32. The summed E-state index contributed by atoms with van der Waals surface area (Å²) in [6.07, 6.45) is 0. The lowest BCUT2D eigenvalue weighted by Gasteiger charge is -2.22. The third kappa shape index (κ3) is 2.61. The minimum atomic E-state index is -0.825. The molecular formula is C13H18O3. The van der Waals surface area contributed by atoms with Gasteiger partial charge in [-0.1, -0.05) is 38.1 Å². The fraction of sp³-hybridized carbons (Fsp3) is 0.462. The molecule has 0 amide bonds. The summed E-state index contributed by atoms with van der Waals surface area (Å²) in [5.74, 6) is -1.32. The molecule has 1 atom stereocenters. The normalized spacial score (nSPS) is 13.5. The fourth-order valence-corrected chi connectivity index (χ4v) is 1.46. The minimum absolute atomic E-state index is 0.0703. The Kier molecular flexibility index (Phi) is 3.70. The summed E-state index contributed by atoms with van der Waals surface area (Å²) in [7, 11) is 0. The first-order chi connectivity index (χ1) is 7.38. The smallest absolute Gasteiger partial charge is 0.310 e. The lowest BCUT2D eigenvalue weighted by molar-refractivity contribution is -0.138. The topological polar surface area (TPSA) is 57.5 Å². The molecule has 1 aromatic carbocycles. The van der Waals surface area contributed by atoms with E-state index in [0.717, 1.165) is 11.1 Å². The van der Waals surface area contributed by atoms with Gasteiger partial charge in [0.05, 0.1) is 12.5 Å². The molecule has 0 heterocycles. The molecule has 0 bridgehead atoms. The number of aliphatic hydroxyl groups is 1. The van der Waals surface area contributed by atoms with Gasteiger partial charge in [0.2, 0.25) is 0 Å². The summed E-state index contributed by atoms with van der Waals surface area (Å²) < 4.78 is 0. The van der Waals surface area contributed by atoms with Gasteiger partial charge in [0, 0.05) is 5.41 Å². The highest BCUT2D eigenvalue weighted by atomic mass is 16.4. The zero-order valence-corrected chi connectivity index (χ0v) is 9.90. The first kappa shape index (κ1) is 12.7. The Labute approximate surface area is 95.7 Å². The van der Waals surface area contributed by atoms with Crippen LogP contribution in [0.1, 0.15) is 37.8 Å². The van der Waals surface area contributed by atoms with Crippen LogP contribution in [0.3, 0.4) is 0 Å². The molecule has 1 unspecified atom stereocenters. The number of carboxylic acids is 1. The van der Waals surface area contributed by atoms with Crippen molar-refractivity contribution >= 4 is 5.97 Å². The maximum absolute atomic E-state index is 10.8. The van der Waals surface area contributed by atoms with Crippen LogP contribution >= 0.6 is 0 Å². The molecule has 3 heteroatoms. The molecule has 0 aliphatic carbocycles. The van der Waals surface area contributed by atoms with Crippen molar-refractivity contribution in [3.8, 4) is 0 Å². The molecule has 0 radical (unpaired) electrons. The van der Waals surface area contributed by atoms with E-state index in [4.69, 9.17) is 5.11 Å². The van der Waals surface area contributed by atoms with Gasteiger partial charge in [-0.05, 0) is 18.1 Å². The highest BCUT2D eigenvalue weighted by Crippen LogP contribution is 2.24. The predicted octanol–water partition coefficient (Wildman–Crippen LogP) is 2.14. The van der Waals surface area contributed by atoms with Gasteiger partial charge in [0.15, 0.2) is 0 Å². The Hall–Kier alpha value is -1.35. The van der Waals surface area contributed by atoms with E-state index in [-0.39, 0.29) is 12.0 Å². The van der Waals surface area contributed by atoms with Crippen molar-refractivity contribution in [3.63, 3.8) is 0 Å². The van der Waals surface area contributed by atoms with Gasteiger partial charge in [0.25, 0.3) is 0 Å². The largest absolute Gasteiger partial charge is 0.481 e. The average Bonchev–Trinajstić information content (AvgIpc) is 2.28. The molecule has 0 aliphatic heterocycles. The number of hydrogen-bond donors (Lipinski definition) is 2. The van der Waals surface area contributed by atoms with Crippen molar-refractivity contribution in [1.29, 1.82) is 0 Å². The van der Waals surface area contributed by atoms with E-state index in [1.807, 2.05) is 38.1 Å². The molecule has 1 rings (SSSR count). The van der Waals surface area contributed by atoms with Gasteiger partial charge in [-0.15, -0.1) is 0 Å². The molecular weight excluding hydrogens is 204 g/mol. The van der Waals surface area contributed by atoms with Crippen LogP contribution in [-0.4, -0.2) is 22.8 Å². The Morgan fingerprint density at radius 2 is 1.81 bits per heavy atom. The van der Waals surface area contributed by atoms with Crippen LogP contribution in [0.15, 0.2) is 24.3 Å². The van der Waals surface area contributed by atoms with E-state index in [9.17, 15) is 9.90 Å². The maximum atomic E-state index is 10.8. The quantitative estimate of drug-likeness (QED) is 0.820. The van der Waals surface area contributed by atoms with Gasteiger partial charge in [0.1, 0.15) is 0 Å². The first-order valence-corrected chi connectivity index (χ1v) is 5.32. The summed E-state index contributed by atoms with van der Waals surface area (Å²) in [5.41, 5.74) is 1.51. The van der Waals surface area contributed by atoms with E-state index in [1.54, 1.807) is 6.92 Å². The average molecular weight is 222 g/mol. The Balaban J connectivity index is 2.96. The number of benzene rings is 1. The Bertz CT molecular complexity index is 365. The van der Waals surface area contributed by atoms with Crippen molar-refractivity contribution in [2.75, 3.05) is 6.61 Å². The van der Waals surface area contributed by atoms with E-state index in [2.05, 4.69) is 0 Å². The summed E-state index contributed by atoms with van der Waals surface area (Å²) in [5, 5.41) is 18.1. The van der Waals surface area contributed by atoms with E-state index >= 15 is 0 Å². The van der Waals surface area contributed by atoms with E-state index < -0.39 is 11.9 Å². The van der Waals surface area contributed by atoms with Gasteiger partial charge in [-0.25, -0.2) is 0 Å². The van der Waals surface area contributed by atoms with E-state index in [0.29, 0.717) is 0 Å². The van der Waals surface area contributed by atoms with Crippen LogP contribution in [0.4, 0.5) is 0 Å². The Morgan fingerprint density at radius 3 is 2.19 bits per heavy atom. The molecule has 3 nitrogen and oxygen atoms in total. The number of carbonyl (C=O) groups is 1. The second-order valence-corrected chi connectivity index (χ2v) is 4.72. The van der Waals surface area contributed by atoms with Gasteiger partial charge in [-0.2, -0.15) is 0 Å². The van der Waals surface area contributed by atoms with Crippen LogP contribution in [0.25, 0.3) is 0 Å². The van der Waals surface area contributed by atoms with Crippen LogP contribution < -0.4 is 0 Å². The SMILES string of the molecule is CC(C(=O)O)c1ccc(C(C)(C)CO)cc1. The number of aliphatic carboxylic acids is 1. The van der Waals surface area contributed by atoms with Crippen LogP contribution in [0.5, 0.6) is 0 Å². The van der Waals surface area contributed by atoms with Gasteiger partial charge < -0.3 is 10.2 Å². The Morgan fingerprint density at radius 1 is 1.31 bits per heavy atom. The molecule has 0 aromatic heterocycles. The van der Waals surface area contributed by atoms with Crippen molar-refractivity contribution < 1.29 is 15.0 Å². The molecule has 1 aromatic rings. The summed E-state index contributed by atoms with van der Waals surface area (Å²) in [4.78, 5) is 10.8. The van der Waals surface area contributed by atoms with Crippen LogP contribution in [0, 0.1) is 0 Å². The third-order valence-corrected chi connectivity index (χ3v) is 2.96. The number of carboxylic acid groups (broad SMARTS) is 1. The van der Waals surface area contributed by atoms with Crippen molar-refractivity contribution in [1.82, 2.24) is 0 Å². The molecule has 0 saturated carbocycles. The highest BCUT2D eigenvalue weighted by Gasteiger charge is 2.20. The standard InChI is InChI=1S/C13H18O3/c1-9(12(15)16)10-4-6-11(7-5-10)13(2,3)8-14/h4-7,9,14H,8H2,1-3H3,(H,15,16). The zero-order chi connectivity index (χ0) is 12.3. The van der Waals surface area contributed by atoms with Gasteiger partial charge in [-0.3, -0.25) is 4.79 Å². The number of hydrogen-bond acceptors (Lipinski definition) is 2. The lowest BCUT2D eigenvalue weighted by atomic mass is 9.84. The van der Waals surface area contributed by atoms with E-state index in [1.165, 1.54) is 0 Å². The molecule has 88 valence electrons. The van der Waals surface area contributed by atoms with Crippen LogP contribution in [-0.2, 0) is 10.2 Å². The minimum Gasteiger partial charge on any atom is -0.481 e. The second-order valence-electron chi connectivity index (χ2n) is 4.72. The lowest BCUT2D eigenvalue weighted by Crippen LogP contribution is -2.22. The molecule has 16 heavy (non-hydrogen) atoms. The molecule has 0 aliphatic rings.